The highest BCUT2D eigenvalue weighted by Gasteiger charge is 2.16. The summed E-state index contributed by atoms with van der Waals surface area (Å²) in [5, 5.41) is 3.09. The molecule has 6 heteroatoms. The summed E-state index contributed by atoms with van der Waals surface area (Å²) in [6, 6.07) is 2.56. The second kappa shape index (κ2) is 6.58. The molecule has 0 radical (unpaired) electrons. The van der Waals surface area contributed by atoms with Crippen molar-refractivity contribution in [1.82, 2.24) is 15.3 Å². The van der Waals surface area contributed by atoms with Gasteiger partial charge in [0.15, 0.2) is 17.5 Å². The molecule has 0 aliphatic carbocycles. The molecule has 0 aliphatic rings. The molecule has 2 rings (SSSR count). The number of likely N-dealkylation sites (N-methyl/N-ethyl adjacent to an activating group) is 1. The van der Waals surface area contributed by atoms with Crippen molar-refractivity contribution in [2.75, 3.05) is 13.6 Å². The van der Waals surface area contributed by atoms with Crippen molar-refractivity contribution in [3.8, 4) is 11.4 Å². The lowest BCUT2D eigenvalue weighted by Gasteiger charge is -2.12. The zero-order valence-electron chi connectivity index (χ0n) is 12.1. The van der Waals surface area contributed by atoms with E-state index in [4.69, 9.17) is 0 Å². The van der Waals surface area contributed by atoms with Crippen molar-refractivity contribution in [3.63, 3.8) is 0 Å². The quantitative estimate of drug-likeness (QED) is 0.852. The third-order valence-electron chi connectivity index (χ3n) is 3.32. The Balaban J connectivity index is 2.49. The largest absolute Gasteiger partial charge is 0.319 e. The number of nitrogens with zero attached hydrogens (tertiary/aromatic N) is 2. The van der Waals surface area contributed by atoms with Crippen molar-refractivity contribution in [1.29, 1.82) is 0 Å². The molecule has 3 nitrogen and oxygen atoms in total. The lowest BCUT2D eigenvalue weighted by molar-refractivity contribution is 0.504. The van der Waals surface area contributed by atoms with Crippen LogP contribution in [0.2, 0.25) is 0 Å². The molecule has 0 spiro atoms. The summed E-state index contributed by atoms with van der Waals surface area (Å²) in [6.45, 7) is 4.63. The third kappa shape index (κ3) is 3.27. The van der Waals surface area contributed by atoms with Gasteiger partial charge in [0.05, 0.1) is 4.47 Å². The van der Waals surface area contributed by atoms with E-state index in [0.717, 1.165) is 36.0 Å². The minimum atomic E-state index is -0.925. The monoisotopic (exact) mass is 355 g/mol. The van der Waals surface area contributed by atoms with Crippen LogP contribution in [0.1, 0.15) is 17.0 Å². The summed E-state index contributed by atoms with van der Waals surface area (Å²) in [5.74, 6) is -1.43. The van der Waals surface area contributed by atoms with Crippen LogP contribution in [0.3, 0.4) is 0 Å². The fourth-order valence-electron chi connectivity index (χ4n) is 2.17. The Bertz CT molecular complexity index is 651. The smallest absolute Gasteiger partial charge is 0.173 e. The van der Waals surface area contributed by atoms with Crippen LogP contribution in [-0.4, -0.2) is 23.6 Å². The van der Waals surface area contributed by atoms with Gasteiger partial charge in [-0.1, -0.05) is 0 Å². The topological polar surface area (TPSA) is 37.8 Å². The second-order valence-electron chi connectivity index (χ2n) is 4.77. The van der Waals surface area contributed by atoms with Gasteiger partial charge in [0, 0.05) is 17.0 Å². The first kappa shape index (κ1) is 16.0. The van der Waals surface area contributed by atoms with Crippen molar-refractivity contribution in [3.05, 3.63) is 45.2 Å². The maximum atomic E-state index is 13.6. The molecule has 2 aromatic rings. The van der Waals surface area contributed by atoms with Gasteiger partial charge in [0.2, 0.25) is 0 Å². The Labute approximate surface area is 131 Å². The van der Waals surface area contributed by atoms with E-state index in [1.807, 2.05) is 20.9 Å². The maximum Gasteiger partial charge on any atom is 0.173 e. The fourth-order valence-corrected chi connectivity index (χ4v) is 2.67. The average Bonchev–Trinajstić information content (AvgIpc) is 2.44. The number of hydrogen-bond donors (Lipinski definition) is 1. The summed E-state index contributed by atoms with van der Waals surface area (Å²) in [7, 11) is 1.89. The SMILES string of the molecule is CNCCc1c(C)nc(-c2ccc(F)c(F)c2Br)nc1C. The van der Waals surface area contributed by atoms with Crippen molar-refractivity contribution in [2.45, 2.75) is 20.3 Å². The number of halogens is 3. The molecule has 0 amide bonds. The van der Waals surface area contributed by atoms with Gasteiger partial charge in [-0.3, -0.25) is 0 Å². The number of benzene rings is 1. The zero-order valence-corrected chi connectivity index (χ0v) is 13.7. The number of nitrogens with one attached hydrogen (secondary N) is 1. The standard InChI is InChI=1S/C15H16BrF2N3/c1-8-10(6-7-19-3)9(2)21-15(20-8)11-4-5-12(17)14(18)13(11)16/h4-5,19H,6-7H2,1-3H3. The van der Waals surface area contributed by atoms with Crippen molar-refractivity contribution >= 4 is 15.9 Å². The Morgan fingerprint density at radius 3 is 2.33 bits per heavy atom. The first-order valence-corrected chi connectivity index (χ1v) is 7.37. The number of aryl methyl sites for hydroxylation is 2. The van der Waals surface area contributed by atoms with Gasteiger partial charge in [-0.2, -0.15) is 0 Å². The zero-order chi connectivity index (χ0) is 15.6. The number of rotatable bonds is 4. The molecule has 0 aliphatic heterocycles. The molecule has 0 saturated carbocycles. The van der Waals surface area contributed by atoms with Crippen LogP contribution in [0.25, 0.3) is 11.4 Å². The van der Waals surface area contributed by atoms with Gasteiger partial charge in [-0.05, 0) is 67.5 Å². The highest BCUT2D eigenvalue weighted by Crippen LogP contribution is 2.30. The Morgan fingerprint density at radius 2 is 1.76 bits per heavy atom. The van der Waals surface area contributed by atoms with Crippen LogP contribution in [0.5, 0.6) is 0 Å². The molecule has 1 aromatic heterocycles. The van der Waals surface area contributed by atoms with Crippen LogP contribution in [0.15, 0.2) is 16.6 Å². The lowest BCUT2D eigenvalue weighted by Crippen LogP contribution is -2.13. The predicted octanol–water partition coefficient (Wildman–Crippen LogP) is 3.56. The van der Waals surface area contributed by atoms with Crippen LogP contribution in [0.4, 0.5) is 8.78 Å². The second-order valence-corrected chi connectivity index (χ2v) is 5.57. The molecule has 21 heavy (non-hydrogen) atoms. The lowest BCUT2D eigenvalue weighted by atomic mass is 10.1. The molecular weight excluding hydrogens is 340 g/mol. The Hall–Kier alpha value is -1.40. The van der Waals surface area contributed by atoms with E-state index in [1.54, 1.807) is 0 Å². The molecule has 0 unspecified atom stereocenters. The number of aromatic nitrogens is 2. The molecule has 1 N–H and O–H groups in total. The first-order valence-electron chi connectivity index (χ1n) is 6.58. The summed E-state index contributed by atoms with van der Waals surface area (Å²) >= 11 is 3.07. The van der Waals surface area contributed by atoms with Crippen LogP contribution in [0, 0.1) is 25.5 Å². The van der Waals surface area contributed by atoms with Crippen molar-refractivity contribution < 1.29 is 8.78 Å². The van der Waals surface area contributed by atoms with Gasteiger partial charge in [-0.25, -0.2) is 18.7 Å². The third-order valence-corrected chi connectivity index (χ3v) is 4.10. The number of hydrogen-bond acceptors (Lipinski definition) is 3. The predicted molar refractivity (Wildman–Crippen MR) is 82.2 cm³/mol. The molecule has 0 saturated heterocycles. The van der Waals surface area contributed by atoms with E-state index in [0.29, 0.717) is 11.4 Å². The van der Waals surface area contributed by atoms with Crippen LogP contribution >= 0.6 is 15.9 Å². The van der Waals surface area contributed by atoms with E-state index >= 15 is 0 Å². The molecule has 1 heterocycles. The minimum absolute atomic E-state index is 0.0456. The van der Waals surface area contributed by atoms with E-state index in [1.165, 1.54) is 6.07 Å². The minimum Gasteiger partial charge on any atom is -0.319 e. The van der Waals surface area contributed by atoms with E-state index < -0.39 is 11.6 Å². The first-order chi connectivity index (χ1) is 9.95. The van der Waals surface area contributed by atoms with Gasteiger partial charge >= 0.3 is 0 Å². The molecule has 0 bridgehead atoms. The van der Waals surface area contributed by atoms with Crippen molar-refractivity contribution in [2.24, 2.45) is 0 Å². The average molecular weight is 356 g/mol. The molecular formula is C15H16BrF2N3. The highest BCUT2D eigenvalue weighted by molar-refractivity contribution is 9.10. The van der Waals surface area contributed by atoms with Gasteiger partial charge < -0.3 is 5.32 Å². The van der Waals surface area contributed by atoms with Crippen LogP contribution < -0.4 is 5.32 Å². The Morgan fingerprint density at radius 1 is 1.14 bits per heavy atom. The highest BCUT2D eigenvalue weighted by atomic mass is 79.9. The Kier molecular flexibility index (Phi) is 5.00. The van der Waals surface area contributed by atoms with E-state index in [9.17, 15) is 8.78 Å². The van der Waals surface area contributed by atoms with E-state index in [-0.39, 0.29) is 4.47 Å². The summed E-state index contributed by atoms with van der Waals surface area (Å²) in [6.07, 6.45) is 0.827. The summed E-state index contributed by atoms with van der Waals surface area (Å²) < 4.78 is 26.9. The van der Waals surface area contributed by atoms with Crippen LogP contribution in [-0.2, 0) is 6.42 Å². The molecule has 0 atom stereocenters. The van der Waals surface area contributed by atoms with E-state index in [2.05, 4.69) is 31.2 Å². The van der Waals surface area contributed by atoms with Gasteiger partial charge in [-0.15, -0.1) is 0 Å². The normalized spacial score (nSPS) is 11.0. The fraction of sp³-hybridized carbons (Fsp3) is 0.333. The summed E-state index contributed by atoms with van der Waals surface area (Å²) in [4.78, 5) is 8.86. The van der Waals surface area contributed by atoms with Gasteiger partial charge in [0.1, 0.15) is 0 Å². The van der Waals surface area contributed by atoms with Gasteiger partial charge in [0.25, 0.3) is 0 Å². The summed E-state index contributed by atoms with van der Waals surface area (Å²) in [5.41, 5.74) is 3.22. The molecule has 1 aromatic carbocycles. The molecule has 0 fully saturated rings. The maximum absolute atomic E-state index is 13.6. The molecule has 112 valence electrons.